The van der Waals surface area contributed by atoms with E-state index >= 15 is 0 Å². The fourth-order valence-corrected chi connectivity index (χ4v) is 2.55. The van der Waals surface area contributed by atoms with Crippen molar-refractivity contribution in [2.45, 2.75) is 32.2 Å². The maximum Gasteiger partial charge on any atom is 0.159 e. The first-order valence-corrected chi connectivity index (χ1v) is 6.53. The molecule has 1 aliphatic rings. The second-order valence-corrected chi connectivity index (χ2v) is 5.05. The number of rotatable bonds is 1. The fraction of sp³-hybridized carbons (Fsp3) is 0.333. The smallest absolute Gasteiger partial charge is 0.159 e. The lowest BCUT2D eigenvalue weighted by molar-refractivity contribution is 0.557. The predicted octanol–water partition coefficient (Wildman–Crippen LogP) is 2.93. The molecule has 4 heteroatoms. The molecule has 3 rings (SSSR count). The van der Waals surface area contributed by atoms with E-state index in [9.17, 15) is 4.39 Å². The van der Waals surface area contributed by atoms with Gasteiger partial charge in [-0.05, 0) is 43.9 Å². The highest BCUT2D eigenvalue weighted by Gasteiger charge is 2.19. The van der Waals surface area contributed by atoms with Crippen LogP contribution in [0.2, 0.25) is 0 Å². The van der Waals surface area contributed by atoms with Gasteiger partial charge in [0.05, 0.1) is 0 Å². The summed E-state index contributed by atoms with van der Waals surface area (Å²) >= 11 is 0. The van der Waals surface area contributed by atoms with Crippen LogP contribution in [0.4, 0.5) is 4.39 Å². The Morgan fingerprint density at radius 1 is 1.37 bits per heavy atom. The van der Waals surface area contributed by atoms with Crippen LogP contribution in [0.15, 0.2) is 24.4 Å². The zero-order chi connectivity index (χ0) is 13.4. The van der Waals surface area contributed by atoms with Crippen molar-refractivity contribution in [2.75, 3.05) is 0 Å². The van der Waals surface area contributed by atoms with Crippen LogP contribution in [0.1, 0.15) is 35.7 Å². The van der Waals surface area contributed by atoms with Gasteiger partial charge in [-0.3, -0.25) is 0 Å². The van der Waals surface area contributed by atoms with E-state index in [-0.39, 0.29) is 11.9 Å². The molecule has 1 aliphatic carbocycles. The summed E-state index contributed by atoms with van der Waals surface area (Å²) in [5, 5.41) is 0. The van der Waals surface area contributed by atoms with E-state index in [1.54, 1.807) is 12.3 Å². The molecule has 0 spiro atoms. The predicted molar refractivity (Wildman–Crippen MR) is 72.0 cm³/mol. The van der Waals surface area contributed by atoms with Gasteiger partial charge in [-0.1, -0.05) is 6.07 Å². The minimum absolute atomic E-state index is 0.0337. The van der Waals surface area contributed by atoms with E-state index in [4.69, 9.17) is 5.73 Å². The SMILES string of the molecule is Cc1ccc(F)cc1-c1ncc2c(n1)CCCC2N. The number of aryl methyl sites for hydroxylation is 2. The van der Waals surface area contributed by atoms with Crippen molar-refractivity contribution in [3.05, 3.63) is 47.0 Å². The van der Waals surface area contributed by atoms with Crippen molar-refractivity contribution < 1.29 is 4.39 Å². The Morgan fingerprint density at radius 2 is 2.21 bits per heavy atom. The molecule has 0 aliphatic heterocycles. The van der Waals surface area contributed by atoms with E-state index < -0.39 is 0 Å². The van der Waals surface area contributed by atoms with Crippen LogP contribution in [-0.4, -0.2) is 9.97 Å². The Bertz CT molecular complexity index is 625. The summed E-state index contributed by atoms with van der Waals surface area (Å²) in [6, 6.07) is 4.72. The van der Waals surface area contributed by atoms with Crippen LogP contribution in [0.3, 0.4) is 0 Å². The highest BCUT2D eigenvalue weighted by atomic mass is 19.1. The van der Waals surface area contributed by atoms with Crippen molar-refractivity contribution in [1.29, 1.82) is 0 Å². The van der Waals surface area contributed by atoms with E-state index in [0.717, 1.165) is 41.6 Å². The van der Waals surface area contributed by atoms with Gasteiger partial charge in [-0.15, -0.1) is 0 Å². The van der Waals surface area contributed by atoms with Gasteiger partial charge >= 0.3 is 0 Å². The standard InChI is InChI=1S/C15H16FN3/c1-9-5-6-10(16)7-11(9)15-18-8-12-13(17)3-2-4-14(12)19-15/h5-8,13H,2-4,17H2,1H3. The number of fused-ring (bicyclic) bond motifs is 1. The fourth-order valence-electron chi connectivity index (χ4n) is 2.55. The molecular formula is C15H16FN3. The van der Waals surface area contributed by atoms with Gasteiger partial charge in [0.2, 0.25) is 0 Å². The highest BCUT2D eigenvalue weighted by Crippen LogP contribution is 2.28. The normalized spacial score (nSPS) is 18.2. The number of nitrogens with zero attached hydrogens (tertiary/aromatic N) is 2. The molecule has 1 heterocycles. The summed E-state index contributed by atoms with van der Waals surface area (Å²) in [7, 11) is 0. The maximum atomic E-state index is 13.4. The van der Waals surface area contributed by atoms with Gasteiger partial charge in [-0.2, -0.15) is 0 Å². The van der Waals surface area contributed by atoms with E-state index in [1.807, 2.05) is 6.92 Å². The molecule has 0 bridgehead atoms. The number of halogens is 1. The largest absolute Gasteiger partial charge is 0.324 e. The monoisotopic (exact) mass is 257 g/mol. The number of hydrogen-bond acceptors (Lipinski definition) is 3. The Labute approximate surface area is 111 Å². The Morgan fingerprint density at radius 3 is 3.05 bits per heavy atom. The molecule has 3 nitrogen and oxygen atoms in total. The second kappa shape index (κ2) is 4.70. The third-order valence-corrected chi connectivity index (χ3v) is 3.67. The average molecular weight is 257 g/mol. The van der Waals surface area contributed by atoms with E-state index in [0.29, 0.717) is 5.82 Å². The first kappa shape index (κ1) is 12.2. The molecule has 98 valence electrons. The van der Waals surface area contributed by atoms with Gasteiger partial charge < -0.3 is 5.73 Å². The molecule has 0 fully saturated rings. The van der Waals surface area contributed by atoms with Gasteiger partial charge in [0.15, 0.2) is 5.82 Å². The number of nitrogens with two attached hydrogens (primary N) is 1. The lowest BCUT2D eigenvalue weighted by atomic mass is 9.93. The maximum absolute atomic E-state index is 13.4. The Balaban J connectivity index is 2.09. The lowest BCUT2D eigenvalue weighted by Crippen LogP contribution is -2.19. The molecule has 2 N–H and O–H groups in total. The highest BCUT2D eigenvalue weighted by molar-refractivity contribution is 5.60. The van der Waals surface area contributed by atoms with Crippen molar-refractivity contribution >= 4 is 0 Å². The second-order valence-electron chi connectivity index (χ2n) is 5.05. The van der Waals surface area contributed by atoms with Crippen LogP contribution >= 0.6 is 0 Å². The van der Waals surface area contributed by atoms with Gasteiger partial charge in [0.25, 0.3) is 0 Å². The first-order valence-electron chi connectivity index (χ1n) is 6.53. The van der Waals surface area contributed by atoms with Gasteiger partial charge in [0.1, 0.15) is 5.82 Å². The van der Waals surface area contributed by atoms with E-state index in [1.165, 1.54) is 12.1 Å². The summed E-state index contributed by atoms with van der Waals surface area (Å²) in [6.07, 6.45) is 4.75. The number of benzene rings is 1. The molecule has 0 radical (unpaired) electrons. The molecule has 0 amide bonds. The third kappa shape index (κ3) is 2.24. The minimum atomic E-state index is -0.265. The molecule has 1 aromatic carbocycles. The topological polar surface area (TPSA) is 51.8 Å². The van der Waals surface area contributed by atoms with Crippen LogP contribution in [0.5, 0.6) is 0 Å². The quantitative estimate of drug-likeness (QED) is 0.854. The zero-order valence-corrected chi connectivity index (χ0v) is 10.9. The molecular weight excluding hydrogens is 241 g/mol. The minimum Gasteiger partial charge on any atom is -0.324 e. The van der Waals surface area contributed by atoms with Crippen molar-refractivity contribution in [1.82, 2.24) is 9.97 Å². The Kier molecular flexibility index (Phi) is 3.03. The average Bonchev–Trinajstić information content (AvgIpc) is 2.41. The Hall–Kier alpha value is -1.81. The van der Waals surface area contributed by atoms with Crippen LogP contribution in [-0.2, 0) is 6.42 Å². The number of hydrogen-bond donors (Lipinski definition) is 1. The van der Waals surface area contributed by atoms with Crippen molar-refractivity contribution in [3.8, 4) is 11.4 Å². The van der Waals surface area contributed by atoms with Crippen molar-refractivity contribution in [2.24, 2.45) is 5.73 Å². The molecule has 0 saturated carbocycles. The third-order valence-electron chi connectivity index (χ3n) is 3.67. The lowest BCUT2D eigenvalue weighted by Gasteiger charge is -2.21. The van der Waals surface area contributed by atoms with Crippen molar-refractivity contribution in [3.63, 3.8) is 0 Å². The summed E-state index contributed by atoms with van der Waals surface area (Å²) in [5.41, 5.74) is 9.81. The van der Waals surface area contributed by atoms with E-state index in [2.05, 4.69) is 9.97 Å². The molecule has 2 aromatic rings. The van der Waals surface area contributed by atoms with Crippen LogP contribution < -0.4 is 5.73 Å². The van der Waals surface area contributed by atoms with Crippen LogP contribution in [0, 0.1) is 12.7 Å². The molecule has 1 aromatic heterocycles. The summed E-state index contributed by atoms with van der Waals surface area (Å²) in [5.74, 6) is 0.323. The molecule has 19 heavy (non-hydrogen) atoms. The first-order chi connectivity index (χ1) is 9.15. The van der Waals surface area contributed by atoms with Crippen LogP contribution in [0.25, 0.3) is 11.4 Å². The summed E-state index contributed by atoms with van der Waals surface area (Å²) in [6.45, 7) is 1.93. The number of aromatic nitrogens is 2. The van der Waals surface area contributed by atoms with Gasteiger partial charge in [-0.25, -0.2) is 14.4 Å². The zero-order valence-electron chi connectivity index (χ0n) is 10.9. The summed E-state index contributed by atoms with van der Waals surface area (Å²) in [4.78, 5) is 8.93. The molecule has 1 unspecified atom stereocenters. The van der Waals surface area contributed by atoms with Gasteiger partial charge in [0, 0.05) is 29.1 Å². The molecule has 0 saturated heterocycles. The summed E-state index contributed by atoms with van der Waals surface area (Å²) < 4.78 is 13.4. The molecule has 1 atom stereocenters.